The second-order valence-electron chi connectivity index (χ2n) is 6.02. The van der Waals surface area contributed by atoms with E-state index in [1.807, 2.05) is 31.2 Å². The standard InChI is InChI=1S/C18H26N4O2/c1-12(2)8-9-19-17-10-13(3)20-18(22-17)21-15-11-14(23-4)6-7-16(15)24-5/h6-7,10-12H,8-9H2,1-5H3,(H2,19,20,21,22). The smallest absolute Gasteiger partial charge is 0.229 e. The van der Waals surface area contributed by atoms with Crippen molar-refractivity contribution in [2.45, 2.75) is 27.2 Å². The van der Waals surface area contributed by atoms with E-state index in [1.165, 1.54) is 0 Å². The monoisotopic (exact) mass is 330 g/mol. The van der Waals surface area contributed by atoms with Gasteiger partial charge in [-0.2, -0.15) is 4.98 Å². The van der Waals surface area contributed by atoms with Crippen molar-refractivity contribution in [3.05, 3.63) is 30.0 Å². The summed E-state index contributed by atoms with van der Waals surface area (Å²) in [6.45, 7) is 7.24. The van der Waals surface area contributed by atoms with Crippen molar-refractivity contribution < 1.29 is 9.47 Å². The number of aromatic nitrogens is 2. The number of rotatable bonds is 8. The highest BCUT2D eigenvalue weighted by molar-refractivity contribution is 5.65. The Hall–Kier alpha value is -2.50. The highest BCUT2D eigenvalue weighted by Gasteiger charge is 2.09. The van der Waals surface area contributed by atoms with E-state index >= 15 is 0 Å². The minimum Gasteiger partial charge on any atom is -0.497 e. The van der Waals surface area contributed by atoms with E-state index < -0.39 is 0 Å². The number of hydrogen-bond donors (Lipinski definition) is 2. The Balaban J connectivity index is 2.18. The zero-order chi connectivity index (χ0) is 17.5. The first-order valence-corrected chi connectivity index (χ1v) is 8.10. The lowest BCUT2D eigenvalue weighted by atomic mass is 10.1. The number of ether oxygens (including phenoxy) is 2. The predicted octanol–water partition coefficient (Wildman–Crippen LogP) is 4.00. The maximum absolute atomic E-state index is 5.38. The van der Waals surface area contributed by atoms with Crippen LogP contribution in [-0.4, -0.2) is 30.7 Å². The molecule has 2 N–H and O–H groups in total. The van der Waals surface area contributed by atoms with Crippen LogP contribution < -0.4 is 20.1 Å². The van der Waals surface area contributed by atoms with Gasteiger partial charge < -0.3 is 20.1 Å². The molecule has 0 spiro atoms. The van der Waals surface area contributed by atoms with Gasteiger partial charge in [0.25, 0.3) is 0 Å². The number of benzene rings is 1. The van der Waals surface area contributed by atoms with Gasteiger partial charge in [-0.15, -0.1) is 0 Å². The summed E-state index contributed by atoms with van der Waals surface area (Å²) in [6, 6.07) is 7.49. The molecule has 0 unspecified atom stereocenters. The fraction of sp³-hybridized carbons (Fsp3) is 0.444. The Kier molecular flexibility index (Phi) is 6.23. The topological polar surface area (TPSA) is 68.3 Å². The highest BCUT2D eigenvalue weighted by Crippen LogP contribution is 2.30. The van der Waals surface area contributed by atoms with Crippen LogP contribution in [0.4, 0.5) is 17.5 Å². The third-order valence-corrected chi connectivity index (χ3v) is 3.54. The van der Waals surface area contributed by atoms with E-state index in [0.717, 1.165) is 35.9 Å². The number of nitrogens with zero attached hydrogens (tertiary/aromatic N) is 2. The highest BCUT2D eigenvalue weighted by atomic mass is 16.5. The van der Waals surface area contributed by atoms with Crippen LogP contribution in [0.15, 0.2) is 24.3 Å². The van der Waals surface area contributed by atoms with Gasteiger partial charge in [-0.3, -0.25) is 0 Å². The molecule has 0 saturated heterocycles. The Morgan fingerprint density at radius 3 is 2.54 bits per heavy atom. The van der Waals surface area contributed by atoms with E-state index in [2.05, 4.69) is 34.4 Å². The molecule has 0 amide bonds. The first kappa shape index (κ1) is 17.8. The first-order chi connectivity index (χ1) is 11.5. The maximum Gasteiger partial charge on any atom is 0.229 e. The number of nitrogens with one attached hydrogen (secondary N) is 2. The summed E-state index contributed by atoms with van der Waals surface area (Å²) >= 11 is 0. The fourth-order valence-corrected chi connectivity index (χ4v) is 2.24. The van der Waals surface area contributed by atoms with Crippen molar-refractivity contribution in [2.75, 3.05) is 31.4 Å². The minimum atomic E-state index is 0.522. The Morgan fingerprint density at radius 1 is 1.08 bits per heavy atom. The molecule has 0 radical (unpaired) electrons. The van der Waals surface area contributed by atoms with Crippen molar-refractivity contribution in [1.82, 2.24) is 9.97 Å². The number of methoxy groups -OCH3 is 2. The van der Waals surface area contributed by atoms with Crippen LogP contribution in [0, 0.1) is 12.8 Å². The molecule has 1 aromatic heterocycles. The molecular formula is C18H26N4O2. The Labute approximate surface area is 143 Å². The van der Waals surface area contributed by atoms with Gasteiger partial charge in [0.2, 0.25) is 5.95 Å². The summed E-state index contributed by atoms with van der Waals surface area (Å²) in [7, 11) is 3.26. The Bertz CT molecular complexity index is 674. The molecule has 0 aliphatic carbocycles. The van der Waals surface area contributed by atoms with Crippen LogP contribution in [0.5, 0.6) is 11.5 Å². The summed E-state index contributed by atoms with van der Waals surface area (Å²) in [4.78, 5) is 8.97. The van der Waals surface area contributed by atoms with Crippen LogP contribution in [0.3, 0.4) is 0 Å². The van der Waals surface area contributed by atoms with Crippen molar-refractivity contribution >= 4 is 17.5 Å². The Morgan fingerprint density at radius 2 is 1.88 bits per heavy atom. The van der Waals surface area contributed by atoms with Crippen molar-refractivity contribution in [3.8, 4) is 11.5 Å². The van der Waals surface area contributed by atoms with Crippen molar-refractivity contribution in [2.24, 2.45) is 5.92 Å². The summed E-state index contributed by atoms with van der Waals surface area (Å²) in [6.07, 6.45) is 1.09. The molecule has 6 nitrogen and oxygen atoms in total. The zero-order valence-electron chi connectivity index (χ0n) is 15.0. The van der Waals surface area contributed by atoms with Gasteiger partial charge in [0, 0.05) is 24.4 Å². The summed E-state index contributed by atoms with van der Waals surface area (Å²) in [5.74, 6) is 3.43. The van der Waals surface area contributed by atoms with E-state index in [9.17, 15) is 0 Å². The third-order valence-electron chi connectivity index (χ3n) is 3.54. The minimum absolute atomic E-state index is 0.522. The predicted molar refractivity (Wildman–Crippen MR) is 97.5 cm³/mol. The molecule has 1 aromatic carbocycles. The van der Waals surface area contributed by atoms with Crippen LogP contribution in [0.2, 0.25) is 0 Å². The molecule has 6 heteroatoms. The van der Waals surface area contributed by atoms with Crippen LogP contribution in [0.1, 0.15) is 26.0 Å². The van der Waals surface area contributed by atoms with Crippen molar-refractivity contribution in [1.29, 1.82) is 0 Å². The lowest BCUT2D eigenvalue weighted by Crippen LogP contribution is -2.08. The molecule has 0 fully saturated rings. The van der Waals surface area contributed by atoms with Gasteiger partial charge in [0.05, 0.1) is 19.9 Å². The van der Waals surface area contributed by atoms with Gasteiger partial charge in [0.15, 0.2) is 0 Å². The van der Waals surface area contributed by atoms with Gasteiger partial charge >= 0.3 is 0 Å². The molecule has 0 aliphatic heterocycles. The normalized spacial score (nSPS) is 10.6. The van der Waals surface area contributed by atoms with Crippen molar-refractivity contribution in [3.63, 3.8) is 0 Å². The first-order valence-electron chi connectivity index (χ1n) is 8.10. The molecule has 2 rings (SSSR count). The van der Waals surface area contributed by atoms with Gasteiger partial charge in [-0.25, -0.2) is 4.98 Å². The fourth-order valence-electron chi connectivity index (χ4n) is 2.24. The van der Waals surface area contributed by atoms with E-state index in [4.69, 9.17) is 9.47 Å². The third kappa shape index (κ3) is 5.01. The summed E-state index contributed by atoms with van der Waals surface area (Å²) < 4.78 is 10.6. The quantitative estimate of drug-likeness (QED) is 0.762. The molecule has 2 aromatic rings. The van der Waals surface area contributed by atoms with Crippen LogP contribution in [-0.2, 0) is 0 Å². The molecule has 24 heavy (non-hydrogen) atoms. The average molecular weight is 330 g/mol. The molecule has 130 valence electrons. The molecule has 0 aliphatic rings. The molecule has 0 atom stereocenters. The lowest BCUT2D eigenvalue weighted by Gasteiger charge is -2.13. The summed E-state index contributed by atoms with van der Waals surface area (Å²) in [5, 5.41) is 6.56. The van der Waals surface area contributed by atoms with Gasteiger partial charge in [-0.05, 0) is 31.4 Å². The number of anilines is 3. The largest absolute Gasteiger partial charge is 0.497 e. The number of hydrogen-bond acceptors (Lipinski definition) is 6. The van der Waals surface area contributed by atoms with E-state index in [-0.39, 0.29) is 0 Å². The molecule has 1 heterocycles. The van der Waals surface area contributed by atoms with E-state index in [0.29, 0.717) is 17.6 Å². The second-order valence-corrected chi connectivity index (χ2v) is 6.02. The maximum atomic E-state index is 5.38. The van der Waals surface area contributed by atoms with Gasteiger partial charge in [-0.1, -0.05) is 13.8 Å². The molecular weight excluding hydrogens is 304 g/mol. The average Bonchev–Trinajstić information content (AvgIpc) is 2.54. The zero-order valence-corrected chi connectivity index (χ0v) is 15.0. The molecule has 0 saturated carbocycles. The van der Waals surface area contributed by atoms with E-state index in [1.54, 1.807) is 14.2 Å². The lowest BCUT2D eigenvalue weighted by molar-refractivity contribution is 0.405. The van der Waals surface area contributed by atoms with Gasteiger partial charge in [0.1, 0.15) is 17.3 Å². The SMILES string of the molecule is COc1ccc(OC)c(Nc2nc(C)cc(NCCC(C)C)n2)c1. The summed E-state index contributed by atoms with van der Waals surface area (Å²) in [5.41, 5.74) is 1.65. The van der Waals surface area contributed by atoms with Crippen LogP contribution >= 0.6 is 0 Å². The second kappa shape index (κ2) is 8.38. The van der Waals surface area contributed by atoms with Crippen LogP contribution in [0.25, 0.3) is 0 Å². The molecule has 0 bridgehead atoms. The number of aryl methyl sites for hydroxylation is 1.